The summed E-state index contributed by atoms with van der Waals surface area (Å²) in [4.78, 5) is 12.7. The zero-order valence-electron chi connectivity index (χ0n) is 9.35. The molecular weight excluding hydrogens is 204 g/mol. The van der Waals surface area contributed by atoms with Crippen molar-refractivity contribution in [1.29, 1.82) is 0 Å². The number of nitrogens with zero attached hydrogens (tertiary/aromatic N) is 1. The van der Waals surface area contributed by atoms with Crippen LogP contribution in [0.15, 0.2) is 24.8 Å². The lowest BCUT2D eigenvalue weighted by Crippen LogP contribution is -2.20. The summed E-state index contributed by atoms with van der Waals surface area (Å²) in [5.74, 6) is -0.313. The number of rotatable bonds is 4. The van der Waals surface area contributed by atoms with Crippen LogP contribution in [0.25, 0.3) is 0 Å². The van der Waals surface area contributed by atoms with E-state index >= 15 is 0 Å². The van der Waals surface area contributed by atoms with Gasteiger partial charge in [-0.3, -0.25) is 0 Å². The van der Waals surface area contributed by atoms with Gasteiger partial charge < -0.3 is 9.64 Å². The van der Waals surface area contributed by atoms with E-state index in [1.54, 1.807) is 6.92 Å². The molecule has 0 aliphatic rings. The Morgan fingerprint density at radius 1 is 1.33 bits per heavy atom. The second kappa shape index (κ2) is 9.33. The van der Waals surface area contributed by atoms with Crippen LogP contribution in [-0.2, 0) is 9.53 Å². The minimum atomic E-state index is -1.83. The second-order valence-corrected chi connectivity index (χ2v) is 3.06. The molecule has 0 aromatic heterocycles. The van der Waals surface area contributed by atoms with Crippen LogP contribution in [0.3, 0.4) is 0 Å². The molecule has 0 aromatic rings. The van der Waals surface area contributed by atoms with Crippen LogP contribution in [0.1, 0.15) is 6.92 Å². The zero-order valence-corrected chi connectivity index (χ0v) is 9.35. The van der Waals surface area contributed by atoms with Gasteiger partial charge >= 0.3 is 5.97 Å². The van der Waals surface area contributed by atoms with Crippen molar-refractivity contribution >= 4 is 5.97 Å². The van der Waals surface area contributed by atoms with Crippen molar-refractivity contribution in [2.45, 2.75) is 6.92 Å². The van der Waals surface area contributed by atoms with E-state index in [-0.39, 0.29) is 5.97 Å². The molecule has 0 heterocycles. The van der Waals surface area contributed by atoms with Gasteiger partial charge in [-0.05, 0) is 27.6 Å². The van der Waals surface area contributed by atoms with Crippen molar-refractivity contribution < 1.29 is 18.3 Å². The van der Waals surface area contributed by atoms with E-state index in [2.05, 4.69) is 13.2 Å². The molecule has 0 spiro atoms. The van der Waals surface area contributed by atoms with Gasteiger partial charge in [0.2, 0.25) is 0 Å². The van der Waals surface area contributed by atoms with Crippen LogP contribution in [0.4, 0.5) is 8.78 Å². The Balaban J connectivity index is 0. The summed E-state index contributed by atoms with van der Waals surface area (Å²) in [7, 11) is 3.85. The first-order valence-corrected chi connectivity index (χ1v) is 4.24. The summed E-state index contributed by atoms with van der Waals surface area (Å²) in [6.07, 6.45) is -1.83. The van der Waals surface area contributed by atoms with Crippen LogP contribution in [0.2, 0.25) is 0 Å². The molecule has 0 saturated heterocycles. The lowest BCUT2D eigenvalue weighted by atomic mass is 10.4. The third-order valence-electron chi connectivity index (χ3n) is 1.12. The Kier molecular flexibility index (Phi) is 10.1. The SMILES string of the molecule is C=C(C)C(=O)OCCN(C)C.C=C(F)F. The van der Waals surface area contributed by atoms with Gasteiger partial charge in [0.1, 0.15) is 6.61 Å². The molecule has 0 saturated carbocycles. The van der Waals surface area contributed by atoms with E-state index in [0.717, 1.165) is 6.54 Å². The molecule has 5 heteroatoms. The summed E-state index contributed by atoms with van der Waals surface area (Å²) in [5, 5.41) is 0. The number of carbonyl (C=O) groups excluding carboxylic acids is 1. The molecule has 0 aliphatic carbocycles. The average molecular weight is 221 g/mol. The highest BCUT2D eigenvalue weighted by molar-refractivity contribution is 5.86. The molecule has 0 atom stereocenters. The van der Waals surface area contributed by atoms with Gasteiger partial charge in [0.25, 0.3) is 6.08 Å². The largest absolute Gasteiger partial charge is 0.461 e. The highest BCUT2D eigenvalue weighted by Gasteiger charge is 2.01. The van der Waals surface area contributed by atoms with Gasteiger partial charge in [-0.25, -0.2) is 4.79 Å². The van der Waals surface area contributed by atoms with E-state index < -0.39 is 6.08 Å². The molecule has 88 valence electrons. The maximum Gasteiger partial charge on any atom is 0.333 e. The van der Waals surface area contributed by atoms with E-state index in [1.807, 2.05) is 19.0 Å². The van der Waals surface area contributed by atoms with Gasteiger partial charge in [-0.15, -0.1) is 0 Å². The molecule has 3 nitrogen and oxygen atoms in total. The fraction of sp³-hybridized carbons (Fsp3) is 0.500. The van der Waals surface area contributed by atoms with Crippen molar-refractivity contribution in [1.82, 2.24) is 4.90 Å². The van der Waals surface area contributed by atoms with Crippen LogP contribution >= 0.6 is 0 Å². The molecule has 0 bridgehead atoms. The zero-order chi connectivity index (χ0) is 12.4. The first-order valence-electron chi connectivity index (χ1n) is 4.24. The number of carbonyl (C=O) groups is 1. The molecule has 0 rings (SSSR count). The van der Waals surface area contributed by atoms with E-state index in [4.69, 9.17) is 4.74 Å². The molecule has 0 N–H and O–H groups in total. The van der Waals surface area contributed by atoms with Gasteiger partial charge in [-0.1, -0.05) is 6.58 Å². The average Bonchev–Trinajstić information content (AvgIpc) is 2.01. The molecular formula is C10H17F2NO2. The van der Waals surface area contributed by atoms with Crippen molar-refractivity contribution in [3.8, 4) is 0 Å². The predicted molar refractivity (Wildman–Crippen MR) is 55.7 cm³/mol. The van der Waals surface area contributed by atoms with Gasteiger partial charge in [0.15, 0.2) is 0 Å². The van der Waals surface area contributed by atoms with E-state index in [9.17, 15) is 13.6 Å². The quantitative estimate of drug-likeness (QED) is 0.537. The second-order valence-electron chi connectivity index (χ2n) is 3.06. The number of esters is 1. The van der Waals surface area contributed by atoms with E-state index in [1.165, 1.54) is 0 Å². The summed E-state index contributed by atoms with van der Waals surface area (Å²) >= 11 is 0. The first kappa shape index (κ1) is 16.2. The van der Waals surface area contributed by atoms with Crippen LogP contribution in [0, 0.1) is 0 Å². The van der Waals surface area contributed by atoms with Crippen molar-refractivity contribution in [3.05, 3.63) is 24.8 Å². The van der Waals surface area contributed by atoms with Crippen molar-refractivity contribution in [2.75, 3.05) is 27.2 Å². The highest BCUT2D eigenvalue weighted by atomic mass is 19.3. The fourth-order valence-corrected chi connectivity index (χ4v) is 0.444. The smallest absolute Gasteiger partial charge is 0.333 e. The summed E-state index contributed by atoms with van der Waals surface area (Å²) in [6, 6.07) is 0. The number of hydrogen-bond acceptors (Lipinski definition) is 3. The number of ether oxygens (including phenoxy) is 1. The lowest BCUT2D eigenvalue weighted by Gasteiger charge is -2.09. The third kappa shape index (κ3) is 19.3. The summed E-state index contributed by atoms with van der Waals surface area (Å²) in [6.45, 7) is 8.50. The maximum atomic E-state index is 10.8. The fourth-order valence-electron chi connectivity index (χ4n) is 0.444. The Labute approximate surface area is 89.0 Å². The van der Waals surface area contributed by atoms with E-state index in [0.29, 0.717) is 12.2 Å². The molecule has 0 unspecified atom stereocenters. The summed E-state index contributed by atoms with van der Waals surface area (Å²) in [5.41, 5.74) is 0.448. The minimum Gasteiger partial charge on any atom is -0.461 e. The first-order chi connectivity index (χ1) is 6.77. The number of halogens is 2. The summed E-state index contributed by atoms with van der Waals surface area (Å²) < 4.78 is 25.1. The van der Waals surface area contributed by atoms with Crippen LogP contribution < -0.4 is 0 Å². The molecule has 0 aliphatic heterocycles. The Morgan fingerprint density at radius 3 is 2.00 bits per heavy atom. The van der Waals surface area contributed by atoms with Crippen LogP contribution in [0.5, 0.6) is 0 Å². The number of likely N-dealkylation sites (N-methyl/N-ethyl adjacent to an activating group) is 1. The topological polar surface area (TPSA) is 29.5 Å². The van der Waals surface area contributed by atoms with Gasteiger partial charge in [0, 0.05) is 12.1 Å². The monoisotopic (exact) mass is 221 g/mol. The van der Waals surface area contributed by atoms with Crippen LogP contribution in [-0.4, -0.2) is 38.1 Å². The third-order valence-corrected chi connectivity index (χ3v) is 1.12. The van der Waals surface area contributed by atoms with Crippen molar-refractivity contribution in [3.63, 3.8) is 0 Å². The minimum absolute atomic E-state index is 0.313. The predicted octanol–water partition coefficient (Wildman–Crippen LogP) is 2.06. The maximum absolute atomic E-state index is 10.8. The van der Waals surface area contributed by atoms with Gasteiger partial charge in [-0.2, -0.15) is 8.78 Å². The lowest BCUT2D eigenvalue weighted by molar-refractivity contribution is -0.139. The Hall–Kier alpha value is -1.23. The molecule has 0 radical (unpaired) electrons. The normalized spacial score (nSPS) is 8.93. The molecule has 0 fully saturated rings. The van der Waals surface area contributed by atoms with Crippen molar-refractivity contribution in [2.24, 2.45) is 0 Å². The molecule has 15 heavy (non-hydrogen) atoms. The highest BCUT2D eigenvalue weighted by Crippen LogP contribution is 1.91. The number of hydrogen-bond donors (Lipinski definition) is 0. The molecule has 0 amide bonds. The standard InChI is InChI=1S/C8H15NO2.C2H2F2/c1-7(2)8(10)11-6-5-9(3)4;1-2(3)4/h1,5-6H2,2-4H3;1H2. The molecule has 0 aromatic carbocycles. The van der Waals surface area contributed by atoms with Gasteiger partial charge in [0.05, 0.1) is 0 Å². The Bertz CT molecular complexity index is 223. The Morgan fingerprint density at radius 2 is 1.73 bits per heavy atom.